The Labute approximate surface area is 210 Å². The van der Waals surface area contributed by atoms with Crippen LogP contribution in [0.3, 0.4) is 0 Å². The molecule has 3 heterocycles. The number of H-pyrrole nitrogens is 1. The standard InChI is InChI=1S/C28H30N4O4/c1-5-12-30(4)13-14-31-26(34)28(3)17-22-21-16-20(36-6-2)10-11-23(21)29-24(22)25(32(28)27(31)35)18-8-7-9-19(33)15-18/h1,7-11,15-16,25,29,33H,6,12-14,17H2,2-4H3. The van der Waals surface area contributed by atoms with Gasteiger partial charge in [0.2, 0.25) is 0 Å². The lowest BCUT2D eigenvalue weighted by Gasteiger charge is -2.42. The van der Waals surface area contributed by atoms with Crippen molar-refractivity contribution in [1.82, 2.24) is 19.7 Å². The average molecular weight is 487 g/mol. The number of carbonyl (C=O) groups is 2. The highest BCUT2D eigenvalue weighted by Crippen LogP contribution is 2.49. The molecule has 8 heteroatoms. The molecule has 2 N–H and O–H groups in total. The van der Waals surface area contributed by atoms with Gasteiger partial charge in [0.05, 0.1) is 13.2 Å². The van der Waals surface area contributed by atoms with Crippen LogP contribution in [-0.2, 0) is 11.2 Å². The molecule has 36 heavy (non-hydrogen) atoms. The maximum Gasteiger partial charge on any atom is 0.328 e. The number of aromatic nitrogens is 1. The highest BCUT2D eigenvalue weighted by atomic mass is 16.5. The number of ether oxygens (including phenoxy) is 1. The van der Waals surface area contributed by atoms with E-state index in [0.717, 1.165) is 33.5 Å². The van der Waals surface area contributed by atoms with Crippen molar-refractivity contribution >= 4 is 22.8 Å². The molecule has 186 valence electrons. The Morgan fingerprint density at radius 3 is 2.81 bits per heavy atom. The van der Waals surface area contributed by atoms with E-state index in [1.807, 2.05) is 50.1 Å². The average Bonchev–Trinajstić information content (AvgIpc) is 3.28. The number of urea groups is 1. The summed E-state index contributed by atoms with van der Waals surface area (Å²) in [7, 11) is 1.86. The van der Waals surface area contributed by atoms with E-state index >= 15 is 0 Å². The van der Waals surface area contributed by atoms with Crippen LogP contribution in [0.4, 0.5) is 4.79 Å². The molecule has 0 spiro atoms. The van der Waals surface area contributed by atoms with Gasteiger partial charge in [0.25, 0.3) is 5.91 Å². The molecule has 8 nitrogen and oxygen atoms in total. The number of nitrogens with zero attached hydrogens (tertiary/aromatic N) is 3. The number of phenolic OH excluding ortho intramolecular Hbond substituents is 1. The van der Waals surface area contributed by atoms with Gasteiger partial charge in [-0.15, -0.1) is 6.42 Å². The van der Waals surface area contributed by atoms with E-state index < -0.39 is 11.6 Å². The minimum atomic E-state index is -1.08. The lowest BCUT2D eigenvalue weighted by atomic mass is 9.81. The molecule has 5 rings (SSSR count). The molecule has 0 bridgehead atoms. The first-order chi connectivity index (χ1) is 17.3. The number of rotatable bonds is 7. The molecule has 2 aromatic carbocycles. The van der Waals surface area contributed by atoms with Crippen LogP contribution >= 0.6 is 0 Å². The maximum absolute atomic E-state index is 13.8. The predicted molar refractivity (Wildman–Crippen MR) is 137 cm³/mol. The smallest absolute Gasteiger partial charge is 0.328 e. The molecule has 2 aliphatic heterocycles. The molecule has 1 aromatic heterocycles. The second-order valence-electron chi connectivity index (χ2n) is 9.66. The minimum absolute atomic E-state index is 0.0989. The van der Waals surface area contributed by atoms with Gasteiger partial charge in [-0.05, 0) is 62.4 Å². The topological polar surface area (TPSA) is 89.1 Å². The van der Waals surface area contributed by atoms with Gasteiger partial charge >= 0.3 is 6.03 Å². The Morgan fingerprint density at radius 2 is 2.08 bits per heavy atom. The van der Waals surface area contributed by atoms with Crippen molar-refractivity contribution in [2.45, 2.75) is 31.8 Å². The SMILES string of the molecule is C#CCN(C)CCN1C(=O)N2C(c3cccc(O)c3)c3[nH]c4ccc(OCC)cc4c3CC2(C)C1=O. The van der Waals surface area contributed by atoms with Gasteiger partial charge in [0.15, 0.2) is 0 Å². The number of aromatic amines is 1. The van der Waals surface area contributed by atoms with Gasteiger partial charge in [-0.3, -0.25) is 19.5 Å². The Bertz CT molecular complexity index is 1390. The molecule has 1 saturated heterocycles. The summed E-state index contributed by atoms with van der Waals surface area (Å²) in [5.41, 5.74) is 2.37. The number of benzene rings is 2. The number of fused-ring (bicyclic) bond motifs is 4. The second kappa shape index (κ2) is 8.92. The molecule has 3 amide bonds. The second-order valence-corrected chi connectivity index (χ2v) is 9.66. The molecule has 2 unspecified atom stereocenters. The first-order valence-corrected chi connectivity index (χ1v) is 12.1. The Hall–Kier alpha value is -3.96. The van der Waals surface area contributed by atoms with Crippen molar-refractivity contribution in [2.24, 2.45) is 0 Å². The van der Waals surface area contributed by atoms with Gasteiger partial charge in [-0.2, -0.15) is 0 Å². The third-order valence-electron chi connectivity index (χ3n) is 7.20. The summed E-state index contributed by atoms with van der Waals surface area (Å²) in [6, 6.07) is 11.8. The fraction of sp³-hybridized carbons (Fsp3) is 0.357. The van der Waals surface area contributed by atoms with Crippen LogP contribution in [-0.4, -0.2) is 75.6 Å². The third kappa shape index (κ3) is 3.67. The number of terminal acetylenes is 1. The number of hydrogen-bond acceptors (Lipinski definition) is 5. The number of carbonyl (C=O) groups excluding carboxylic acids is 2. The normalized spacial score (nSPS) is 21.1. The van der Waals surface area contributed by atoms with E-state index in [9.17, 15) is 14.7 Å². The number of nitrogens with one attached hydrogen (secondary N) is 1. The number of likely N-dealkylation sites (N-methyl/N-ethyl adjacent to an activating group) is 1. The highest BCUT2D eigenvalue weighted by molar-refractivity contribution is 6.08. The summed E-state index contributed by atoms with van der Waals surface area (Å²) in [5, 5.41) is 11.2. The molecular formula is C28H30N4O4. The fourth-order valence-corrected chi connectivity index (χ4v) is 5.49. The minimum Gasteiger partial charge on any atom is -0.508 e. The van der Waals surface area contributed by atoms with Crippen LogP contribution in [0.1, 0.15) is 36.7 Å². The van der Waals surface area contributed by atoms with E-state index in [0.29, 0.717) is 26.1 Å². The van der Waals surface area contributed by atoms with E-state index in [1.54, 1.807) is 23.1 Å². The largest absolute Gasteiger partial charge is 0.508 e. The molecule has 0 radical (unpaired) electrons. The number of aromatic hydroxyl groups is 1. The van der Waals surface area contributed by atoms with E-state index in [1.165, 1.54) is 4.90 Å². The first-order valence-electron chi connectivity index (χ1n) is 12.1. The van der Waals surface area contributed by atoms with Gasteiger partial charge in [0, 0.05) is 36.1 Å². The maximum atomic E-state index is 13.8. The number of hydrogen-bond donors (Lipinski definition) is 2. The first kappa shape index (κ1) is 23.8. The van der Waals surface area contributed by atoms with Crippen LogP contribution in [0.2, 0.25) is 0 Å². The molecular weight excluding hydrogens is 456 g/mol. The summed E-state index contributed by atoms with van der Waals surface area (Å²) in [4.78, 5) is 36.1. The Morgan fingerprint density at radius 1 is 1.28 bits per heavy atom. The zero-order chi connectivity index (χ0) is 25.6. The molecule has 2 atom stereocenters. The summed E-state index contributed by atoms with van der Waals surface area (Å²) in [5.74, 6) is 3.20. The van der Waals surface area contributed by atoms with Crippen molar-refractivity contribution < 1.29 is 19.4 Å². The quantitative estimate of drug-likeness (QED) is 0.394. The fourth-order valence-electron chi connectivity index (χ4n) is 5.49. The highest BCUT2D eigenvalue weighted by Gasteiger charge is 2.60. The lowest BCUT2D eigenvalue weighted by molar-refractivity contribution is -0.133. The van der Waals surface area contributed by atoms with Crippen LogP contribution in [0.5, 0.6) is 11.5 Å². The molecule has 2 aliphatic rings. The van der Waals surface area contributed by atoms with Crippen LogP contribution in [0.25, 0.3) is 10.9 Å². The predicted octanol–water partition coefficient (Wildman–Crippen LogP) is 3.51. The van der Waals surface area contributed by atoms with E-state index in [-0.39, 0.29) is 24.2 Å². The number of imide groups is 1. The zero-order valence-corrected chi connectivity index (χ0v) is 20.7. The van der Waals surface area contributed by atoms with Crippen LogP contribution < -0.4 is 4.74 Å². The van der Waals surface area contributed by atoms with Crippen LogP contribution in [0, 0.1) is 12.3 Å². The summed E-state index contributed by atoms with van der Waals surface area (Å²) in [6.45, 7) is 5.48. The van der Waals surface area contributed by atoms with Gasteiger partial charge in [0.1, 0.15) is 23.1 Å². The van der Waals surface area contributed by atoms with Crippen molar-refractivity contribution in [2.75, 3.05) is 33.3 Å². The zero-order valence-electron chi connectivity index (χ0n) is 20.7. The van der Waals surface area contributed by atoms with Crippen molar-refractivity contribution in [3.05, 3.63) is 59.3 Å². The number of phenols is 1. The molecule has 3 aromatic rings. The molecule has 0 aliphatic carbocycles. The third-order valence-corrected chi connectivity index (χ3v) is 7.20. The van der Waals surface area contributed by atoms with Crippen molar-refractivity contribution in [1.29, 1.82) is 0 Å². The lowest BCUT2D eigenvalue weighted by Crippen LogP contribution is -2.53. The van der Waals surface area contributed by atoms with Crippen LogP contribution in [0.15, 0.2) is 42.5 Å². The van der Waals surface area contributed by atoms with E-state index in [4.69, 9.17) is 11.2 Å². The van der Waals surface area contributed by atoms with Crippen molar-refractivity contribution in [3.8, 4) is 23.8 Å². The summed E-state index contributed by atoms with van der Waals surface area (Å²) < 4.78 is 5.74. The number of amides is 3. The monoisotopic (exact) mass is 486 g/mol. The summed E-state index contributed by atoms with van der Waals surface area (Å²) >= 11 is 0. The van der Waals surface area contributed by atoms with E-state index in [2.05, 4.69) is 10.9 Å². The van der Waals surface area contributed by atoms with Crippen molar-refractivity contribution in [3.63, 3.8) is 0 Å². The van der Waals surface area contributed by atoms with Gasteiger partial charge in [-0.1, -0.05) is 18.1 Å². The molecule has 1 fully saturated rings. The molecule has 0 saturated carbocycles. The Kier molecular flexibility index (Phi) is 5.89. The Balaban J connectivity index is 1.64. The van der Waals surface area contributed by atoms with Gasteiger partial charge in [-0.25, -0.2) is 4.79 Å². The van der Waals surface area contributed by atoms with Gasteiger partial charge < -0.3 is 14.8 Å². The summed E-state index contributed by atoms with van der Waals surface area (Å²) in [6.07, 6.45) is 5.78.